The first-order chi connectivity index (χ1) is 25.8. The van der Waals surface area contributed by atoms with E-state index >= 15 is 0 Å². The van der Waals surface area contributed by atoms with Crippen LogP contribution in [-0.4, -0.2) is 19.1 Å². The molecule has 11 aromatic rings. The molecule has 242 valence electrons. The van der Waals surface area contributed by atoms with Gasteiger partial charge in [-0.2, -0.15) is 0 Å². The van der Waals surface area contributed by atoms with E-state index in [-0.39, 0.29) is 0 Å². The van der Waals surface area contributed by atoms with Crippen molar-refractivity contribution < 1.29 is 0 Å². The Morgan fingerprint density at radius 3 is 1.69 bits per heavy atom. The lowest BCUT2D eigenvalue weighted by atomic mass is 9.94. The quantitative estimate of drug-likeness (QED) is 0.188. The second-order valence-corrected chi connectivity index (χ2v) is 13.4. The van der Waals surface area contributed by atoms with Crippen LogP contribution in [0.25, 0.3) is 99.3 Å². The third kappa shape index (κ3) is 4.21. The third-order valence-electron chi connectivity index (χ3n) is 10.5. The summed E-state index contributed by atoms with van der Waals surface area (Å²) in [5.41, 5.74) is 11.1. The summed E-state index contributed by atoms with van der Waals surface area (Å²) in [6.45, 7) is 0. The second-order valence-electron chi connectivity index (χ2n) is 13.4. The molecular weight excluding hydrogens is 633 g/mol. The van der Waals surface area contributed by atoms with Crippen LogP contribution in [0.2, 0.25) is 0 Å². The van der Waals surface area contributed by atoms with Crippen molar-refractivity contribution in [3.05, 3.63) is 182 Å². The van der Waals surface area contributed by atoms with Crippen molar-refractivity contribution >= 4 is 65.3 Å². The molecule has 8 aromatic carbocycles. The molecule has 0 aliphatic carbocycles. The fraction of sp³-hybridized carbons (Fsp3) is 0. The standard InChI is InChI=1S/C48H30N4/c1-3-15-31(16-4-1)46-38-23-9-12-24-42(38)49-48(50-46)52-44-26-14-10-20-35(44)40-29-32(27-28-45(40)52)39-30-41-36-21-11-13-25-43(36)51(33-17-5-2-6-18-33)47(41)37-22-8-7-19-34(37)39/h1-30H. The molecule has 3 heterocycles. The minimum atomic E-state index is 0.664. The smallest absolute Gasteiger partial charge is 0.235 e. The summed E-state index contributed by atoms with van der Waals surface area (Å²) < 4.78 is 4.64. The molecule has 4 nitrogen and oxygen atoms in total. The van der Waals surface area contributed by atoms with Crippen molar-refractivity contribution in [3.8, 4) is 34.0 Å². The molecule has 0 N–H and O–H groups in total. The molecular formula is C48H30N4. The molecule has 0 fully saturated rings. The van der Waals surface area contributed by atoms with Crippen LogP contribution in [0, 0.1) is 0 Å². The fourth-order valence-corrected chi connectivity index (χ4v) is 8.24. The number of nitrogens with zero attached hydrogens (tertiary/aromatic N) is 4. The normalized spacial score (nSPS) is 11.8. The summed E-state index contributed by atoms with van der Waals surface area (Å²) in [5, 5.41) is 8.32. The van der Waals surface area contributed by atoms with Crippen LogP contribution in [0.4, 0.5) is 0 Å². The van der Waals surface area contributed by atoms with Crippen molar-refractivity contribution in [1.82, 2.24) is 19.1 Å². The molecule has 4 heteroatoms. The average Bonchev–Trinajstić information content (AvgIpc) is 3.73. The number of fused-ring (bicyclic) bond motifs is 9. The maximum atomic E-state index is 5.28. The molecule has 0 bridgehead atoms. The van der Waals surface area contributed by atoms with Crippen molar-refractivity contribution in [3.63, 3.8) is 0 Å². The van der Waals surface area contributed by atoms with Gasteiger partial charge >= 0.3 is 0 Å². The number of para-hydroxylation sites is 4. The Morgan fingerprint density at radius 2 is 0.923 bits per heavy atom. The van der Waals surface area contributed by atoms with Crippen LogP contribution in [0.5, 0.6) is 0 Å². The Hall–Kier alpha value is -7.04. The first-order valence-corrected chi connectivity index (χ1v) is 17.7. The van der Waals surface area contributed by atoms with Gasteiger partial charge in [-0.15, -0.1) is 0 Å². The van der Waals surface area contributed by atoms with E-state index in [1.165, 1.54) is 54.5 Å². The summed E-state index contributed by atoms with van der Waals surface area (Å²) >= 11 is 0. The van der Waals surface area contributed by atoms with E-state index in [1.807, 2.05) is 12.1 Å². The zero-order valence-electron chi connectivity index (χ0n) is 28.1. The molecule has 0 radical (unpaired) electrons. The molecule has 0 aliphatic rings. The van der Waals surface area contributed by atoms with E-state index in [1.54, 1.807) is 0 Å². The van der Waals surface area contributed by atoms with Crippen molar-refractivity contribution in [2.45, 2.75) is 0 Å². The van der Waals surface area contributed by atoms with Gasteiger partial charge in [-0.05, 0) is 65.0 Å². The van der Waals surface area contributed by atoms with Crippen molar-refractivity contribution in [2.75, 3.05) is 0 Å². The molecule has 3 aromatic heterocycles. The predicted molar refractivity (Wildman–Crippen MR) is 217 cm³/mol. The third-order valence-corrected chi connectivity index (χ3v) is 10.5. The first kappa shape index (κ1) is 28.8. The highest BCUT2D eigenvalue weighted by atomic mass is 15.2. The Labute approximate surface area is 299 Å². The van der Waals surface area contributed by atoms with E-state index in [9.17, 15) is 0 Å². The topological polar surface area (TPSA) is 35.6 Å². The lowest BCUT2D eigenvalue weighted by molar-refractivity contribution is 1.01. The van der Waals surface area contributed by atoms with Gasteiger partial charge in [-0.25, -0.2) is 9.97 Å². The number of aromatic nitrogens is 4. The number of hydrogen-bond donors (Lipinski definition) is 0. The van der Waals surface area contributed by atoms with Crippen LogP contribution in [0.3, 0.4) is 0 Å². The molecule has 0 spiro atoms. The maximum absolute atomic E-state index is 5.28. The van der Waals surface area contributed by atoms with Gasteiger partial charge in [0.25, 0.3) is 0 Å². The highest BCUT2D eigenvalue weighted by Gasteiger charge is 2.20. The largest absolute Gasteiger partial charge is 0.309 e. The van der Waals surface area contributed by atoms with Crippen LogP contribution >= 0.6 is 0 Å². The van der Waals surface area contributed by atoms with Gasteiger partial charge in [0.15, 0.2) is 0 Å². The number of hydrogen-bond acceptors (Lipinski definition) is 2. The van der Waals surface area contributed by atoms with Crippen LogP contribution in [0.15, 0.2) is 182 Å². The van der Waals surface area contributed by atoms with E-state index in [0.29, 0.717) is 5.95 Å². The summed E-state index contributed by atoms with van der Waals surface area (Å²) in [6, 6.07) is 64.9. The van der Waals surface area contributed by atoms with Gasteiger partial charge in [-0.1, -0.05) is 133 Å². The number of rotatable bonds is 4. The minimum Gasteiger partial charge on any atom is -0.309 e. The monoisotopic (exact) mass is 662 g/mol. The van der Waals surface area contributed by atoms with Crippen LogP contribution in [-0.2, 0) is 0 Å². The van der Waals surface area contributed by atoms with Gasteiger partial charge in [0.05, 0.1) is 33.3 Å². The van der Waals surface area contributed by atoms with E-state index in [0.717, 1.165) is 38.9 Å². The van der Waals surface area contributed by atoms with Gasteiger partial charge in [0, 0.05) is 43.6 Å². The molecule has 0 unspecified atom stereocenters. The van der Waals surface area contributed by atoms with Crippen molar-refractivity contribution in [1.29, 1.82) is 0 Å². The van der Waals surface area contributed by atoms with Crippen molar-refractivity contribution in [2.24, 2.45) is 0 Å². The lowest BCUT2D eigenvalue weighted by Gasteiger charge is -2.13. The molecule has 0 saturated carbocycles. The molecule has 52 heavy (non-hydrogen) atoms. The SMILES string of the molecule is c1ccc(-c2nc(-n3c4ccccc4c4cc(-c5cc6c7ccccc7n(-c7ccccc7)c6c6ccccc56)ccc43)nc3ccccc23)cc1. The summed E-state index contributed by atoms with van der Waals surface area (Å²) in [4.78, 5) is 10.4. The van der Waals surface area contributed by atoms with Gasteiger partial charge in [0.2, 0.25) is 5.95 Å². The van der Waals surface area contributed by atoms with Gasteiger partial charge in [-0.3, -0.25) is 4.57 Å². The zero-order valence-corrected chi connectivity index (χ0v) is 28.1. The molecule has 0 atom stereocenters. The average molecular weight is 663 g/mol. The minimum absolute atomic E-state index is 0.664. The lowest BCUT2D eigenvalue weighted by Crippen LogP contribution is -2.03. The Balaban J connectivity index is 1.18. The summed E-state index contributed by atoms with van der Waals surface area (Å²) in [7, 11) is 0. The van der Waals surface area contributed by atoms with Gasteiger partial charge < -0.3 is 4.57 Å². The van der Waals surface area contributed by atoms with E-state index < -0.39 is 0 Å². The maximum Gasteiger partial charge on any atom is 0.235 e. The van der Waals surface area contributed by atoms with E-state index in [4.69, 9.17) is 9.97 Å². The Bertz CT molecular complexity index is 3170. The molecule has 0 amide bonds. The highest BCUT2D eigenvalue weighted by molar-refractivity contribution is 6.22. The molecule has 0 aliphatic heterocycles. The summed E-state index contributed by atoms with van der Waals surface area (Å²) in [6.07, 6.45) is 0. The first-order valence-electron chi connectivity index (χ1n) is 17.7. The Kier molecular flexibility index (Phi) is 6.22. The number of benzene rings is 8. The molecule has 11 rings (SSSR count). The van der Waals surface area contributed by atoms with Crippen LogP contribution < -0.4 is 0 Å². The molecule has 0 saturated heterocycles. The Morgan fingerprint density at radius 1 is 0.346 bits per heavy atom. The second kappa shape index (κ2) is 11.2. The summed E-state index contributed by atoms with van der Waals surface area (Å²) in [5.74, 6) is 0.664. The van der Waals surface area contributed by atoms with E-state index in [2.05, 4.69) is 179 Å². The van der Waals surface area contributed by atoms with Gasteiger partial charge in [0.1, 0.15) is 0 Å². The predicted octanol–water partition coefficient (Wildman–Crippen LogP) is 12.3. The fourth-order valence-electron chi connectivity index (χ4n) is 8.24. The van der Waals surface area contributed by atoms with Crippen LogP contribution in [0.1, 0.15) is 0 Å². The highest BCUT2D eigenvalue weighted by Crippen LogP contribution is 2.43. The zero-order chi connectivity index (χ0) is 34.2.